The quantitative estimate of drug-likeness (QED) is 0.156. The van der Waals surface area contributed by atoms with Crippen LogP contribution in [0.25, 0.3) is 72.4 Å². The predicted octanol–water partition coefficient (Wildman–Crippen LogP) is 14.6. The molecule has 0 bridgehead atoms. The van der Waals surface area contributed by atoms with E-state index in [-0.39, 0.29) is 36.9 Å². The van der Waals surface area contributed by atoms with Crippen LogP contribution in [0.1, 0.15) is 89.4 Å². The predicted molar refractivity (Wildman–Crippen MR) is 238 cm³/mol. The van der Waals surface area contributed by atoms with Crippen molar-refractivity contribution < 1.29 is 35.8 Å². The van der Waals surface area contributed by atoms with Gasteiger partial charge in [-0.1, -0.05) is 133 Å². The summed E-state index contributed by atoms with van der Waals surface area (Å²) in [6, 6.07) is 45.5. The van der Waals surface area contributed by atoms with E-state index in [1.54, 1.807) is 12.3 Å². The summed E-state index contributed by atoms with van der Waals surface area (Å²) in [5.74, 6) is -1.91. The first-order valence-electron chi connectivity index (χ1n) is 21.9. The molecule has 3 heterocycles. The van der Waals surface area contributed by atoms with Crippen molar-refractivity contribution in [3.8, 4) is 39.5 Å². The van der Waals surface area contributed by atoms with Crippen LogP contribution in [0.15, 0.2) is 138 Å². The molecule has 9 rings (SSSR count). The van der Waals surface area contributed by atoms with E-state index in [1.807, 2.05) is 135 Å². The van der Waals surface area contributed by atoms with Gasteiger partial charge in [0.1, 0.15) is 5.58 Å². The Bertz CT molecular complexity index is 3080. The number of aromatic nitrogens is 3. The summed E-state index contributed by atoms with van der Waals surface area (Å²) in [7, 11) is 0. The van der Waals surface area contributed by atoms with Crippen LogP contribution in [0.5, 0.6) is 0 Å². The van der Waals surface area contributed by atoms with E-state index in [1.165, 1.54) is 23.8 Å². The van der Waals surface area contributed by atoms with Crippen LogP contribution in [0.4, 0.5) is 4.39 Å². The fourth-order valence-electron chi connectivity index (χ4n) is 7.40. The Kier molecular flexibility index (Phi) is 10.1. The first-order valence-corrected chi connectivity index (χ1v) is 19.4. The van der Waals surface area contributed by atoms with Crippen molar-refractivity contribution >= 4 is 33.0 Å². The number of para-hydroxylation sites is 3. The average Bonchev–Trinajstić information content (AvgIpc) is 3.82. The van der Waals surface area contributed by atoms with Gasteiger partial charge in [0.05, 0.1) is 22.4 Å². The van der Waals surface area contributed by atoms with Gasteiger partial charge in [0.2, 0.25) is 0 Å². The summed E-state index contributed by atoms with van der Waals surface area (Å²) in [6.07, 6.45) is 1.78. The molecule has 0 amide bonds. The van der Waals surface area contributed by atoms with E-state index >= 15 is 0 Å². The Morgan fingerprint density at radius 2 is 1.47 bits per heavy atom. The van der Waals surface area contributed by atoms with Crippen LogP contribution in [-0.4, -0.2) is 14.5 Å². The van der Waals surface area contributed by atoms with E-state index in [9.17, 15) is 7.13 Å². The first kappa shape index (κ1) is 35.3. The van der Waals surface area contributed by atoms with Crippen LogP contribution in [-0.2, 0) is 25.5 Å². The molecule has 299 valence electrons. The van der Waals surface area contributed by atoms with Gasteiger partial charge in [-0.3, -0.25) is 9.37 Å². The zero-order valence-electron chi connectivity index (χ0n) is 39.2. The van der Waals surface area contributed by atoms with Crippen molar-refractivity contribution in [1.82, 2.24) is 14.5 Å². The van der Waals surface area contributed by atoms with Crippen molar-refractivity contribution in [2.45, 2.75) is 72.5 Å². The number of hydrogen-bond donors (Lipinski definition) is 0. The number of pyridine rings is 1. The summed E-state index contributed by atoms with van der Waals surface area (Å²) in [6.45, 7) is 11.5. The number of fused-ring (bicyclic) bond motifs is 4. The van der Waals surface area contributed by atoms with Crippen LogP contribution in [0.3, 0.4) is 0 Å². The number of imidazole rings is 1. The molecule has 6 heteroatoms. The minimum absolute atomic E-state index is 0. The molecule has 0 fully saturated rings. The van der Waals surface area contributed by atoms with Gasteiger partial charge in [-0.05, 0) is 87.1 Å². The number of aryl methyl sites for hydroxylation is 1. The smallest absolute Gasteiger partial charge is 0.120 e. The third-order valence-electron chi connectivity index (χ3n) is 10.4. The van der Waals surface area contributed by atoms with Crippen LogP contribution >= 0.6 is 0 Å². The van der Waals surface area contributed by atoms with Gasteiger partial charge in [-0.25, -0.2) is 0 Å². The maximum atomic E-state index is 12.8. The fraction of sp³-hybridized carbons (Fsp3) is 0.208. The minimum atomic E-state index is -2.39. The van der Waals surface area contributed by atoms with E-state index in [4.69, 9.17) is 13.5 Å². The standard InChI is InChI=1S/C38H33N2O.C15H15FN.Ir/c1-23(2)30-21-27(26-13-7-6-8-14-26)22-31(24(3)4)36(30)40-33-17-11-10-16-32(33)39-38(40)29-20-19-25(5)35-28-15-9-12-18-34(28)41-37(29)35;1-15(2,3)12-8-9-17-14(10-12)11-4-6-13(16)7-5-11;/h6-19,21-24H,1-5H3;4,6-10H,1-3H3;/q2*-1;/i5D3,23D,24D;;. The van der Waals surface area contributed by atoms with Crippen molar-refractivity contribution in [2.24, 2.45) is 0 Å². The van der Waals surface area contributed by atoms with Crippen LogP contribution < -0.4 is 0 Å². The number of hydrogen-bond acceptors (Lipinski definition) is 3. The Hall–Kier alpha value is -5.68. The monoisotopic (exact) mass is 959 g/mol. The maximum Gasteiger partial charge on any atom is 0.120 e. The van der Waals surface area contributed by atoms with Crippen molar-refractivity contribution in [3.63, 3.8) is 0 Å². The average molecular weight is 959 g/mol. The molecule has 3 aromatic heterocycles. The minimum Gasteiger partial charge on any atom is -0.501 e. The molecular formula is C53H48FIrN3O-2. The van der Waals surface area contributed by atoms with Gasteiger partial charge in [0.15, 0.2) is 0 Å². The molecule has 0 saturated heterocycles. The third kappa shape index (κ3) is 8.17. The second-order valence-corrected chi connectivity index (χ2v) is 16.0. The molecule has 6 aromatic carbocycles. The zero-order valence-corrected chi connectivity index (χ0v) is 36.6. The van der Waals surface area contributed by atoms with E-state index in [2.05, 4.69) is 37.9 Å². The molecule has 0 atom stereocenters. The van der Waals surface area contributed by atoms with E-state index in [0.29, 0.717) is 44.5 Å². The third-order valence-corrected chi connectivity index (χ3v) is 10.4. The number of furan rings is 1. The van der Waals surface area contributed by atoms with Gasteiger partial charge in [0.25, 0.3) is 0 Å². The summed E-state index contributed by atoms with van der Waals surface area (Å²) in [5, 5.41) is 1.21. The molecule has 0 saturated carbocycles. The normalized spacial score (nSPS) is 13.5. The first-order chi connectivity index (χ1) is 29.7. The Balaban J connectivity index is 0.000000286. The van der Waals surface area contributed by atoms with Gasteiger partial charge >= 0.3 is 0 Å². The summed E-state index contributed by atoms with van der Waals surface area (Å²) >= 11 is 0. The van der Waals surface area contributed by atoms with Crippen LogP contribution in [0, 0.1) is 24.8 Å². The summed E-state index contributed by atoms with van der Waals surface area (Å²) in [4.78, 5) is 9.41. The van der Waals surface area contributed by atoms with E-state index in [0.717, 1.165) is 39.0 Å². The number of halogens is 1. The Morgan fingerprint density at radius 3 is 2.15 bits per heavy atom. The number of nitrogens with zero attached hydrogens (tertiary/aromatic N) is 3. The number of benzene rings is 6. The van der Waals surface area contributed by atoms with Crippen molar-refractivity contribution in [3.05, 3.63) is 174 Å². The molecule has 0 aliphatic carbocycles. The van der Waals surface area contributed by atoms with Gasteiger partial charge in [-0.15, -0.1) is 47.5 Å². The molecular weight excluding hydrogens is 906 g/mol. The molecule has 0 aliphatic heterocycles. The van der Waals surface area contributed by atoms with Crippen LogP contribution in [0.2, 0.25) is 0 Å². The Morgan fingerprint density at radius 1 is 0.780 bits per heavy atom. The van der Waals surface area contributed by atoms with Gasteiger partial charge in [0, 0.05) is 50.0 Å². The molecule has 9 aromatic rings. The number of rotatable bonds is 6. The molecule has 1 radical (unpaired) electrons. The van der Waals surface area contributed by atoms with Crippen molar-refractivity contribution in [2.75, 3.05) is 0 Å². The van der Waals surface area contributed by atoms with Crippen molar-refractivity contribution in [1.29, 1.82) is 0 Å². The molecule has 4 nitrogen and oxygen atoms in total. The Labute approximate surface area is 367 Å². The molecule has 0 spiro atoms. The molecule has 0 aliphatic rings. The zero-order chi connectivity index (χ0) is 45.1. The second-order valence-electron chi connectivity index (χ2n) is 16.0. The summed E-state index contributed by atoms with van der Waals surface area (Å²) < 4.78 is 64.9. The van der Waals surface area contributed by atoms with E-state index < -0.39 is 18.6 Å². The topological polar surface area (TPSA) is 43.9 Å². The summed E-state index contributed by atoms with van der Waals surface area (Å²) in [5.41, 5.74) is 10.1. The maximum absolute atomic E-state index is 12.8. The second kappa shape index (κ2) is 16.9. The largest absolute Gasteiger partial charge is 0.501 e. The molecule has 0 N–H and O–H groups in total. The fourth-order valence-corrected chi connectivity index (χ4v) is 7.40. The SMILES string of the molecule is CC(C)(C)c1ccnc(-c2[c-]cc(F)cc2)c1.[2H]C([2H])([2H])c1c[c-]c(-c2nc3ccccc3n2-c2c(C([2H])(C)C)cc(-c3ccccc3)cc2C([2H])(C)C)c2oc3ccccc3c12.[Ir]. The molecule has 59 heavy (non-hydrogen) atoms. The molecule has 0 unspecified atom stereocenters. The van der Waals surface area contributed by atoms with Gasteiger partial charge < -0.3 is 14.0 Å². The van der Waals surface area contributed by atoms with Gasteiger partial charge in [-0.2, -0.15) is 0 Å².